The zero-order valence-corrected chi connectivity index (χ0v) is 68.0. The molecular formula is C82H160O17P2. The van der Waals surface area contributed by atoms with Gasteiger partial charge in [-0.15, -0.1) is 0 Å². The number of carbonyl (C=O) groups excluding carboxylic acids is 4. The zero-order chi connectivity index (χ0) is 74.2. The third-order valence-corrected chi connectivity index (χ3v) is 21.1. The van der Waals surface area contributed by atoms with E-state index >= 15 is 0 Å². The number of ether oxygens (including phenoxy) is 4. The molecule has 17 nitrogen and oxygen atoms in total. The van der Waals surface area contributed by atoms with Crippen LogP contribution in [0, 0.1) is 11.8 Å². The second kappa shape index (κ2) is 73.6. The van der Waals surface area contributed by atoms with Gasteiger partial charge in [-0.25, -0.2) is 9.13 Å². The van der Waals surface area contributed by atoms with Crippen LogP contribution in [0.1, 0.15) is 433 Å². The molecule has 0 aliphatic carbocycles. The molecule has 0 aromatic rings. The van der Waals surface area contributed by atoms with Gasteiger partial charge in [0.2, 0.25) is 0 Å². The number of aliphatic hydroxyl groups is 1. The van der Waals surface area contributed by atoms with Crippen molar-refractivity contribution in [2.24, 2.45) is 11.8 Å². The molecule has 0 fully saturated rings. The van der Waals surface area contributed by atoms with Crippen LogP contribution in [0.25, 0.3) is 0 Å². The molecule has 0 amide bonds. The summed E-state index contributed by atoms with van der Waals surface area (Å²) in [6.45, 7) is 9.70. The van der Waals surface area contributed by atoms with Gasteiger partial charge in [-0.3, -0.25) is 37.3 Å². The average Bonchev–Trinajstić information content (AvgIpc) is 0.961. The maximum atomic E-state index is 13.1. The minimum Gasteiger partial charge on any atom is -0.462 e. The van der Waals surface area contributed by atoms with E-state index in [-0.39, 0.29) is 25.7 Å². The normalized spacial score (nSPS) is 13.9. The molecule has 600 valence electrons. The Bertz CT molecular complexity index is 1940. The van der Waals surface area contributed by atoms with Crippen LogP contribution in [0.2, 0.25) is 0 Å². The van der Waals surface area contributed by atoms with Gasteiger partial charge < -0.3 is 33.8 Å². The third kappa shape index (κ3) is 76.1. The van der Waals surface area contributed by atoms with Crippen LogP contribution in [-0.2, 0) is 65.4 Å². The van der Waals surface area contributed by atoms with Crippen molar-refractivity contribution in [2.45, 2.75) is 452 Å². The molecule has 0 bridgehead atoms. The summed E-state index contributed by atoms with van der Waals surface area (Å²) in [4.78, 5) is 73.1. The number of esters is 4. The van der Waals surface area contributed by atoms with Crippen molar-refractivity contribution in [3.8, 4) is 0 Å². The Labute approximate surface area is 619 Å². The highest BCUT2D eigenvalue weighted by Gasteiger charge is 2.30. The molecule has 0 heterocycles. The van der Waals surface area contributed by atoms with Crippen molar-refractivity contribution in [1.29, 1.82) is 0 Å². The van der Waals surface area contributed by atoms with E-state index < -0.39 is 97.5 Å². The van der Waals surface area contributed by atoms with Crippen molar-refractivity contribution in [3.63, 3.8) is 0 Å². The molecule has 0 aromatic carbocycles. The SMILES string of the molecule is CCCCCCCCCCCCCCCCC(=O)O[C@H](COC(=O)CCCCCCCCCCCCCC)COP(=O)(O)OC[C@H](O)COP(=O)(O)OC[C@@H](COC(=O)CCCCCCCCCCCCCCCC(C)C)OC(=O)CCCCCCCCCCCCCCCCCCC(C)C. The number of hydrogen-bond donors (Lipinski definition) is 3. The van der Waals surface area contributed by atoms with Crippen molar-refractivity contribution in [3.05, 3.63) is 0 Å². The van der Waals surface area contributed by atoms with Crippen molar-refractivity contribution in [1.82, 2.24) is 0 Å². The van der Waals surface area contributed by atoms with Crippen molar-refractivity contribution < 1.29 is 80.2 Å². The van der Waals surface area contributed by atoms with Gasteiger partial charge in [0, 0.05) is 25.7 Å². The molecule has 0 saturated heterocycles. The Kier molecular flexibility index (Phi) is 72.2. The van der Waals surface area contributed by atoms with Gasteiger partial charge >= 0.3 is 39.5 Å². The molecule has 3 N–H and O–H groups in total. The third-order valence-electron chi connectivity index (χ3n) is 19.2. The van der Waals surface area contributed by atoms with E-state index in [0.717, 1.165) is 102 Å². The van der Waals surface area contributed by atoms with Crippen LogP contribution in [0.15, 0.2) is 0 Å². The smallest absolute Gasteiger partial charge is 0.462 e. The number of carbonyl (C=O) groups is 4. The lowest BCUT2D eigenvalue weighted by Crippen LogP contribution is -2.30. The molecule has 2 unspecified atom stereocenters. The van der Waals surface area contributed by atoms with E-state index in [1.54, 1.807) is 0 Å². The average molecular weight is 1480 g/mol. The first kappa shape index (κ1) is 99.1. The van der Waals surface area contributed by atoms with E-state index in [0.29, 0.717) is 25.7 Å². The van der Waals surface area contributed by atoms with Gasteiger partial charge in [-0.05, 0) is 37.5 Å². The summed E-state index contributed by atoms with van der Waals surface area (Å²) >= 11 is 0. The number of unbranched alkanes of at least 4 members (excludes halogenated alkanes) is 51. The Morgan fingerprint density at radius 1 is 0.267 bits per heavy atom. The fraction of sp³-hybridized carbons (Fsp3) is 0.951. The summed E-state index contributed by atoms with van der Waals surface area (Å²) in [5, 5.41) is 10.7. The van der Waals surface area contributed by atoms with Crippen LogP contribution in [0.4, 0.5) is 0 Å². The lowest BCUT2D eigenvalue weighted by molar-refractivity contribution is -0.161. The van der Waals surface area contributed by atoms with E-state index in [1.807, 2.05) is 0 Å². The number of phosphoric acid groups is 2. The molecule has 0 radical (unpaired) electrons. The molecule has 0 aliphatic heterocycles. The minimum absolute atomic E-state index is 0.108. The summed E-state index contributed by atoms with van der Waals surface area (Å²) < 4.78 is 68.8. The van der Waals surface area contributed by atoms with Gasteiger partial charge in [0.05, 0.1) is 26.4 Å². The quantitative estimate of drug-likeness (QED) is 0.0222. The predicted octanol–water partition coefficient (Wildman–Crippen LogP) is 24.7. The largest absolute Gasteiger partial charge is 0.472 e. The summed E-state index contributed by atoms with van der Waals surface area (Å²) in [6, 6.07) is 0. The maximum absolute atomic E-state index is 13.1. The Hall–Kier alpha value is -1.94. The highest BCUT2D eigenvalue weighted by molar-refractivity contribution is 7.47. The first-order chi connectivity index (χ1) is 48.9. The van der Waals surface area contributed by atoms with E-state index in [2.05, 4.69) is 41.5 Å². The number of rotatable bonds is 81. The van der Waals surface area contributed by atoms with Crippen LogP contribution in [0.3, 0.4) is 0 Å². The highest BCUT2D eigenvalue weighted by atomic mass is 31.2. The molecule has 0 spiro atoms. The Morgan fingerprint density at radius 3 is 0.673 bits per heavy atom. The molecule has 0 rings (SSSR count). The van der Waals surface area contributed by atoms with E-state index in [4.69, 9.17) is 37.0 Å². The van der Waals surface area contributed by atoms with Gasteiger partial charge in [0.25, 0.3) is 0 Å². The molecular weight excluding hydrogens is 1320 g/mol. The number of aliphatic hydroxyl groups excluding tert-OH is 1. The van der Waals surface area contributed by atoms with Crippen LogP contribution in [-0.4, -0.2) is 96.7 Å². The molecule has 0 saturated carbocycles. The van der Waals surface area contributed by atoms with Gasteiger partial charge in [0.15, 0.2) is 12.2 Å². The zero-order valence-electron chi connectivity index (χ0n) is 66.2. The maximum Gasteiger partial charge on any atom is 0.472 e. The summed E-state index contributed by atoms with van der Waals surface area (Å²) in [6.07, 6.45) is 63.6. The summed E-state index contributed by atoms with van der Waals surface area (Å²) in [5.74, 6) is -0.504. The lowest BCUT2D eigenvalue weighted by Gasteiger charge is -2.21. The summed E-state index contributed by atoms with van der Waals surface area (Å²) in [5.41, 5.74) is 0. The second-order valence-electron chi connectivity index (χ2n) is 30.5. The van der Waals surface area contributed by atoms with E-state index in [9.17, 15) is 43.2 Å². The predicted molar refractivity (Wildman–Crippen MR) is 414 cm³/mol. The van der Waals surface area contributed by atoms with Gasteiger partial charge in [-0.1, -0.05) is 382 Å². The molecule has 0 aliphatic rings. The lowest BCUT2D eigenvalue weighted by atomic mass is 10.0. The second-order valence-corrected chi connectivity index (χ2v) is 33.4. The molecule has 19 heteroatoms. The number of phosphoric ester groups is 2. The molecule has 5 atom stereocenters. The van der Waals surface area contributed by atoms with Crippen molar-refractivity contribution in [2.75, 3.05) is 39.6 Å². The Morgan fingerprint density at radius 2 is 0.455 bits per heavy atom. The first-order valence-corrected chi connectivity index (χ1v) is 45.5. The topological polar surface area (TPSA) is 237 Å². The van der Waals surface area contributed by atoms with Crippen molar-refractivity contribution >= 4 is 39.5 Å². The summed E-state index contributed by atoms with van der Waals surface area (Å²) in [7, 11) is -9.92. The minimum atomic E-state index is -4.96. The number of hydrogen-bond acceptors (Lipinski definition) is 15. The van der Waals surface area contributed by atoms with E-state index in [1.165, 1.54) is 250 Å². The van der Waals surface area contributed by atoms with Gasteiger partial charge in [0.1, 0.15) is 19.3 Å². The fourth-order valence-corrected chi connectivity index (χ4v) is 14.3. The Balaban J connectivity index is 5.26. The molecule has 0 aromatic heterocycles. The first-order valence-electron chi connectivity index (χ1n) is 42.5. The van der Waals surface area contributed by atoms with Gasteiger partial charge in [-0.2, -0.15) is 0 Å². The standard InChI is InChI=1S/C82H160O17P2/c1-7-9-11-13-15-17-19-21-29-36-42-48-54-60-66-81(86)98-77(70-92-79(84)64-58-52-46-40-34-20-18-16-14-12-10-8-2)72-96-100(88,89)94-68-76(83)69-95-101(90,91)97-73-78(71-93-80(85)65-59-53-47-41-35-31-26-28-33-39-45-51-57-63-75(5)6)99-82(87)67-61-55-49-43-37-30-25-23-22-24-27-32-38-44-50-56-62-74(3)4/h74-78,83H,7-73H2,1-6H3,(H,88,89)(H,90,91)/t76-,77+,78+/m0/s1. The highest BCUT2D eigenvalue weighted by Crippen LogP contribution is 2.45. The fourth-order valence-electron chi connectivity index (χ4n) is 12.7. The van der Waals surface area contributed by atoms with Crippen LogP contribution >= 0.6 is 15.6 Å². The monoisotopic (exact) mass is 1480 g/mol. The van der Waals surface area contributed by atoms with Crippen LogP contribution < -0.4 is 0 Å². The van der Waals surface area contributed by atoms with Crippen LogP contribution in [0.5, 0.6) is 0 Å². The molecule has 101 heavy (non-hydrogen) atoms.